The van der Waals surface area contributed by atoms with Crippen molar-refractivity contribution < 1.29 is 19.0 Å². The summed E-state index contributed by atoms with van der Waals surface area (Å²) in [5.41, 5.74) is 2.68. The Morgan fingerprint density at radius 1 is 1.04 bits per heavy atom. The fraction of sp³-hybridized carbons (Fsp3) is 0.381. The van der Waals surface area contributed by atoms with Crippen molar-refractivity contribution in [3.63, 3.8) is 0 Å². The Labute approximate surface area is 155 Å². The SMILES string of the molecule is CCOc1ccc(C(=O)NCc2ccc(COC(C)C)cc2)cc1OC. The van der Waals surface area contributed by atoms with Crippen molar-refractivity contribution in [1.82, 2.24) is 5.32 Å². The summed E-state index contributed by atoms with van der Waals surface area (Å²) in [7, 11) is 1.56. The fourth-order valence-corrected chi connectivity index (χ4v) is 2.38. The molecule has 0 unspecified atom stereocenters. The van der Waals surface area contributed by atoms with Gasteiger partial charge in [-0.1, -0.05) is 24.3 Å². The van der Waals surface area contributed by atoms with Crippen molar-refractivity contribution in [3.8, 4) is 11.5 Å². The molecule has 2 aromatic carbocycles. The Bertz CT molecular complexity index is 710. The summed E-state index contributed by atoms with van der Waals surface area (Å²) in [6.45, 7) is 7.52. The topological polar surface area (TPSA) is 56.8 Å². The molecule has 1 N–H and O–H groups in total. The molecule has 0 aliphatic rings. The third kappa shape index (κ3) is 5.77. The van der Waals surface area contributed by atoms with E-state index in [0.717, 1.165) is 11.1 Å². The third-order valence-electron chi connectivity index (χ3n) is 3.79. The van der Waals surface area contributed by atoms with Crippen LogP contribution in [0.4, 0.5) is 0 Å². The van der Waals surface area contributed by atoms with Gasteiger partial charge in [0.15, 0.2) is 11.5 Å². The van der Waals surface area contributed by atoms with E-state index in [0.29, 0.717) is 36.8 Å². The van der Waals surface area contributed by atoms with E-state index in [1.54, 1.807) is 25.3 Å². The molecule has 0 heterocycles. The van der Waals surface area contributed by atoms with Crippen molar-refractivity contribution in [2.75, 3.05) is 13.7 Å². The van der Waals surface area contributed by atoms with Crippen LogP contribution in [-0.2, 0) is 17.9 Å². The Kier molecular flexibility index (Phi) is 7.48. The molecule has 0 atom stereocenters. The summed E-state index contributed by atoms with van der Waals surface area (Å²) in [6.07, 6.45) is 0.208. The summed E-state index contributed by atoms with van der Waals surface area (Å²) in [5, 5.41) is 2.92. The Hall–Kier alpha value is -2.53. The average molecular weight is 357 g/mol. The summed E-state index contributed by atoms with van der Waals surface area (Å²) in [4.78, 5) is 12.4. The number of hydrogen-bond donors (Lipinski definition) is 1. The van der Waals surface area contributed by atoms with Crippen molar-refractivity contribution >= 4 is 5.91 Å². The molecular formula is C21H27NO4. The van der Waals surface area contributed by atoms with E-state index in [1.165, 1.54) is 0 Å². The van der Waals surface area contributed by atoms with Gasteiger partial charge in [0.1, 0.15) is 0 Å². The number of nitrogens with one attached hydrogen (secondary N) is 1. The lowest BCUT2D eigenvalue weighted by atomic mass is 10.1. The van der Waals surface area contributed by atoms with E-state index in [4.69, 9.17) is 14.2 Å². The molecular weight excluding hydrogens is 330 g/mol. The normalized spacial score (nSPS) is 10.7. The molecule has 26 heavy (non-hydrogen) atoms. The van der Waals surface area contributed by atoms with E-state index in [2.05, 4.69) is 5.32 Å². The molecule has 0 fully saturated rings. The molecule has 5 heteroatoms. The van der Waals surface area contributed by atoms with Crippen molar-refractivity contribution in [2.45, 2.75) is 40.0 Å². The molecule has 1 amide bonds. The van der Waals surface area contributed by atoms with Crippen molar-refractivity contribution in [1.29, 1.82) is 0 Å². The first-order valence-electron chi connectivity index (χ1n) is 8.82. The first-order chi connectivity index (χ1) is 12.5. The van der Waals surface area contributed by atoms with Crippen LogP contribution in [0.1, 0.15) is 42.3 Å². The highest BCUT2D eigenvalue weighted by molar-refractivity contribution is 5.94. The van der Waals surface area contributed by atoms with Crippen LogP contribution in [0.25, 0.3) is 0 Å². The van der Waals surface area contributed by atoms with Gasteiger partial charge in [0.25, 0.3) is 5.91 Å². The van der Waals surface area contributed by atoms with Gasteiger partial charge in [-0.05, 0) is 50.1 Å². The van der Waals surface area contributed by atoms with Crippen LogP contribution in [0.15, 0.2) is 42.5 Å². The van der Waals surface area contributed by atoms with Crippen LogP contribution >= 0.6 is 0 Å². The summed E-state index contributed by atoms with van der Waals surface area (Å²) in [5.74, 6) is 1.03. The molecule has 0 bridgehead atoms. The highest BCUT2D eigenvalue weighted by atomic mass is 16.5. The zero-order chi connectivity index (χ0) is 18.9. The molecule has 0 radical (unpaired) electrons. The van der Waals surface area contributed by atoms with E-state index in [9.17, 15) is 4.79 Å². The number of carbonyl (C=O) groups excluding carboxylic acids is 1. The number of hydrogen-bond acceptors (Lipinski definition) is 4. The van der Waals surface area contributed by atoms with Gasteiger partial charge in [-0.2, -0.15) is 0 Å². The second kappa shape index (κ2) is 9.82. The molecule has 2 rings (SSSR count). The van der Waals surface area contributed by atoms with Gasteiger partial charge in [0, 0.05) is 12.1 Å². The molecule has 0 saturated heterocycles. The van der Waals surface area contributed by atoms with Gasteiger partial charge in [-0.3, -0.25) is 4.79 Å². The number of methoxy groups -OCH3 is 1. The molecule has 0 spiro atoms. The van der Waals surface area contributed by atoms with Crippen molar-refractivity contribution in [2.24, 2.45) is 0 Å². The maximum atomic E-state index is 12.4. The van der Waals surface area contributed by atoms with Crippen molar-refractivity contribution in [3.05, 3.63) is 59.2 Å². The maximum Gasteiger partial charge on any atom is 0.251 e. The van der Waals surface area contributed by atoms with Crippen LogP contribution < -0.4 is 14.8 Å². The molecule has 5 nitrogen and oxygen atoms in total. The van der Waals surface area contributed by atoms with Crippen LogP contribution in [0.2, 0.25) is 0 Å². The quantitative estimate of drug-likeness (QED) is 0.738. The van der Waals surface area contributed by atoms with Gasteiger partial charge < -0.3 is 19.5 Å². The van der Waals surface area contributed by atoms with E-state index >= 15 is 0 Å². The lowest BCUT2D eigenvalue weighted by molar-refractivity contribution is 0.0657. The molecule has 140 valence electrons. The van der Waals surface area contributed by atoms with Crippen LogP contribution in [0, 0.1) is 0 Å². The Balaban J connectivity index is 1.93. The minimum atomic E-state index is -0.154. The smallest absolute Gasteiger partial charge is 0.251 e. The highest BCUT2D eigenvalue weighted by Crippen LogP contribution is 2.28. The van der Waals surface area contributed by atoms with Crippen LogP contribution in [0.5, 0.6) is 11.5 Å². The van der Waals surface area contributed by atoms with Gasteiger partial charge in [0.2, 0.25) is 0 Å². The standard InChI is InChI=1S/C21H27NO4/c1-5-25-19-11-10-18(12-20(19)24-4)21(23)22-13-16-6-8-17(9-7-16)14-26-15(2)3/h6-12,15H,5,13-14H2,1-4H3,(H,22,23). The second-order valence-electron chi connectivity index (χ2n) is 6.16. The largest absolute Gasteiger partial charge is 0.493 e. The molecule has 0 aliphatic carbocycles. The minimum Gasteiger partial charge on any atom is -0.493 e. The zero-order valence-corrected chi connectivity index (χ0v) is 15.9. The van der Waals surface area contributed by atoms with E-state index < -0.39 is 0 Å². The first kappa shape index (κ1) is 19.8. The van der Waals surface area contributed by atoms with Crippen LogP contribution in [-0.4, -0.2) is 25.7 Å². The lowest BCUT2D eigenvalue weighted by Crippen LogP contribution is -2.22. The molecule has 2 aromatic rings. The highest BCUT2D eigenvalue weighted by Gasteiger charge is 2.11. The number of benzene rings is 2. The van der Waals surface area contributed by atoms with E-state index in [1.807, 2.05) is 45.0 Å². The average Bonchev–Trinajstić information content (AvgIpc) is 2.65. The summed E-state index contributed by atoms with van der Waals surface area (Å²) < 4.78 is 16.3. The summed E-state index contributed by atoms with van der Waals surface area (Å²) >= 11 is 0. The van der Waals surface area contributed by atoms with E-state index in [-0.39, 0.29) is 12.0 Å². The Morgan fingerprint density at radius 3 is 2.35 bits per heavy atom. The monoisotopic (exact) mass is 357 g/mol. The third-order valence-corrected chi connectivity index (χ3v) is 3.79. The summed E-state index contributed by atoms with van der Waals surface area (Å²) in [6, 6.07) is 13.2. The number of carbonyl (C=O) groups is 1. The van der Waals surface area contributed by atoms with Gasteiger partial charge >= 0.3 is 0 Å². The molecule has 0 aromatic heterocycles. The predicted molar refractivity (Wildman–Crippen MR) is 102 cm³/mol. The number of amides is 1. The van der Waals surface area contributed by atoms with Gasteiger partial charge in [-0.25, -0.2) is 0 Å². The lowest BCUT2D eigenvalue weighted by Gasteiger charge is -2.11. The maximum absolute atomic E-state index is 12.4. The Morgan fingerprint density at radius 2 is 1.73 bits per heavy atom. The first-order valence-corrected chi connectivity index (χ1v) is 8.82. The molecule has 0 saturated carbocycles. The second-order valence-corrected chi connectivity index (χ2v) is 6.16. The van der Waals surface area contributed by atoms with Crippen LogP contribution in [0.3, 0.4) is 0 Å². The minimum absolute atomic E-state index is 0.154. The fourth-order valence-electron chi connectivity index (χ4n) is 2.38. The zero-order valence-electron chi connectivity index (χ0n) is 15.9. The predicted octanol–water partition coefficient (Wildman–Crippen LogP) is 3.95. The number of rotatable bonds is 9. The van der Waals surface area contributed by atoms with Gasteiger partial charge in [-0.15, -0.1) is 0 Å². The number of ether oxygens (including phenoxy) is 3. The molecule has 0 aliphatic heterocycles. The van der Waals surface area contributed by atoms with Gasteiger partial charge in [0.05, 0.1) is 26.4 Å².